The Morgan fingerprint density at radius 2 is 1.68 bits per heavy atom. The zero-order valence-corrected chi connectivity index (χ0v) is 22.1. The fourth-order valence-electron chi connectivity index (χ4n) is 7.27. The summed E-state index contributed by atoms with van der Waals surface area (Å²) in [6, 6.07) is 6.66. The third-order valence-corrected chi connectivity index (χ3v) is 8.89. The molecule has 1 heterocycles. The van der Waals surface area contributed by atoms with Gasteiger partial charge >= 0.3 is 11.9 Å². The van der Waals surface area contributed by atoms with Crippen molar-refractivity contribution >= 4 is 23.8 Å². The van der Waals surface area contributed by atoms with E-state index in [1.807, 2.05) is 30.3 Å². The van der Waals surface area contributed by atoms with Gasteiger partial charge in [-0.05, 0) is 81.1 Å². The molecule has 206 valence electrons. The second-order valence-corrected chi connectivity index (χ2v) is 11.7. The summed E-state index contributed by atoms with van der Waals surface area (Å²) in [5.41, 5.74) is 6.90. The molecule has 1 aromatic rings. The lowest BCUT2D eigenvalue weighted by Gasteiger charge is -2.53. The molecule has 38 heavy (non-hydrogen) atoms. The molecular formula is C29H39N3O6. The number of amides is 2. The molecule has 3 atom stereocenters. The Kier molecular flexibility index (Phi) is 8.02. The van der Waals surface area contributed by atoms with Crippen molar-refractivity contribution in [2.45, 2.75) is 89.1 Å². The van der Waals surface area contributed by atoms with Crippen molar-refractivity contribution in [3.63, 3.8) is 0 Å². The minimum absolute atomic E-state index is 0.0557. The number of nitrogens with zero attached hydrogens (tertiary/aromatic N) is 1. The molecule has 0 aromatic heterocycles. The van der Waals surface area contributed by atoms with Crippen LogP contribution < -0.4 is 11.1 Å². The van der Waals surface area contributed by atoms with Gasteiger partial charge in [0.05, 0.1) is 12.5 Å². The number of benzene rings is 1. The quantitative estimate of drug-likeness (QED) is 0.474. The molecule has 2 amide bonds. The number of hydrogen-bond acceptors (Lipinski definition) is 7. The summed E-state index contributed by atoms with van der Waals surface area (Å²) in [6.45, 7) is 2.11. The lowest BCUT2D eigenvalue weighted by molar-refractivity contribution is -0.171. The van der Waals surface area contributed by atoms with Gasteiger partial charge in [-0.1, -0.05) is 30.3 Å². The van der Waals surface area contributed by atoms with E-state index in [0.717, 1.165) is 43.1 Å². The van der Waals surface area contributed by atoms with Crippen molar-refractivity contribution < 1.29 is 28.7 Å². The van der Waals surface area contributed by atoms with Crippen molar-refractivity contribution in [2.75, 3.05) is 6.54 Å². The molecule has 0 unspecified atom stereocenters. The summed E-state index contributed by atoms with van der Waals surface area (Å²) in [6.07, 6.45) is 6.76. The van der Waals surface area contributed by atoms with E-state index in [1.54, 1.807) is 6.92 Å². The molecule has 4 aliphatic carbocycles. The van der Waals surface area contributed by atoms with E-state index in [-0.39, 0.29) is 25.0 Å². The van der Waals surface area contributed by atoms with Crippen LogP contribution in [0.1, 0.15) is 63.9 Å². The van der Waals surface area contributed by atoms with Crippen molar-refractivity contribution in [2.24, 2.45) is 29.4 Å². The Morgan fingerprint density at radius 1 is 1.03 bits per heavy atom. The van der Waals surface area contributed by atoms with Crippen LogP contribution in [-0.4, -0.2) is 59.4 Å². The van der Waals surface area contributed by atoms with Gasteiger partial charge < -0.3 is 25.4 Å². The van der Waals surface area contributed by atoms with Crippen LogP contribution in [-0.2, 0) is 35.3 Å². The first-order valence-electron chi connectivity index (χ1n) is 14.0. The predicted molar refractivity (Wildman–Crippen MR) is 138 cm³/mol. The number of carbonyl (C=O) groups is 4. The summed E-state index contributed by atoms with van der Waals surface area (Å²) < 4.78 is 11.3. The number of likely N-dealkylation sites (tertiary alicyclic amines) is 1. The lowest BCUT2D eigenvalue weighted by atomic mass is 9.55. The van der Waals surface area contributed by atoms with Crippen LogP contribution in [0, 0.1) is 23.7 Å². The first-order chi connectivity index (χ1) is 18.3. The fourth-order valence-corrected chi connectivity index (χ4v) is 7.27. The van der Waals surface area contributed by atoms with Crippen LogP contribution in [0.15, 0.2) is 30.3 Å². The molecule has 1 saturated heterocycles. The normalized spacial score (nSPS) is 30.9. The Balaban J connectivity index is 1.08. The maximum atomic E-state index is 13.1. The summed E-state index contributed by atoms with van der Waals surface area (Å²) in [7, 11) is 0. The Morgan fingerprint density at radius 3 is 2.34 bits per heavy atom. The second kappa shape index (κ2) is 11.4. The third-order valence-electron chi connectivity index (χ3n) is 8.89. The molecule has 9 heteroatoms. The third kappa shape index (κ3) is 5.87. The average molecular weight is 526 g/mol. The first kappa shape index (κ1) is 26.7. The standard InChI is InChI=1S/C29H39N3O6/c1-17(28(35)32-9-5-8-24(32)29(36)37-16-18-6-3-2-4-7-18)31-27(34)23(30)15-25(33)38-26-21-11-19-10-20(13-21)14-22(26)12-19/h2-4,6-7,17,19-24,26H,5,8-16,30H2,1H3,(H,31,34)/t17-,19?,20?,21?,22?,23-,24-,26?/m0/s1. The molecule has 6 rings (SSSR count). The van der Waals surface area contributed by atoms with Gasteiger partial charge in [0, 0.05) is 6.54 Å². The van der Waals surface area contributed by atoms with E-state index in [2.05, 4.69) is 5.32 Å². The van der Waals surface area contributed by atoms with Crippen LogP contribution in [0.4, 0.5) is 0 Å². The zero-order valence-electron chi connectivity index (χ0n) is 22.1. The lowest BCUT2D eigenvalue weighted by Crippen LogP contribution is -2.54. The maximum Gasteiger partial charge on any atom is 0.329 e. The van der Waals surface area contributed by atoms with Crippen molar-refractivity contribution in [1.29, 1.82) is 0 Å². The van der Waals surface area contributed by atoms with Gasteiger partial charge in [-0.15, -0.1) is 0 Å². The number of carbonyl (C=O) groups excluding carboxylic acids is 4. The molecule has 0 radical (unpaired) electrons. The van der Waals surface area contributed by atoms with Gasteiger partial charge in [-0.3, -0.25) is 14.4 Å². The first-order valence-corrected chi connectivity index (χ1v) is 14.0. The molecule has 1 aliphatic heterocycles. The zero-order chi connectivity index (χ0) is 26.8. The van der Waals surface area contributed by atoms with Crippen LogP contribution >= 0.6 is 0 Å². The second-order valence-electron chi connectivity index (χ2n) is 11.7. The highest BCUT2D eigenvalue weighted by Crippen LogP contribution is 2.54. The topological polar surface area (TPSA) is 128 Å². The molecule has 4 saturated carbocycles. The van der Waals surface area contributed by atoms with E-state index in [4.69, 9.17) is 15.2 Å². The van der Waals surface area contributed by atoms with E-state index < -0.39 is 36.0 Å². The molecule has 5 fully saturated rings. The van der Waals surface area contributed by atoms with Gasteiger partial charge in [-0.2, -0.15) is 0 Å². The minimum Gasteiger partial charge on any atom is -0.462 e. The van der Waals surface area contributed by atoms with Crippen molar-refractivity contribution in [3.8, 4) is 0 Å². The fraction of sp³-hybridized carbons (Fsp3) is 0.655. The van der Waals surface area contributed by atoms with E-state index in [9.17, 15) is 19.2 Å². The van der Waals surface area contributed by atoms with Gasteiger partial charge in [-0.25, -0.2) is 4.79 Å². The SMILES string of the molecule is C[C@H](NC(=O)[C@@H](N)CC(=O)OC1C2CC3CC(C2)CC1C3)C(=O)N1CCC[C@H]1C(=O)OCc1ccccc1. The Hall–Kier alpha value is -2.94. The number of hydrogen-bond donors (Lipinski definition) is 2. The van der Waals surface area contributed by atoms with Crippen LogP contribution in [0.2, 0.25) is 0 Å². The Bertz CT molecular complexity index is 1020. The highest BCUT2D eigenvalue weighted by Gasteiger charge is 2.50. The number of nitrogens with two attached hydrogens (primary N) is 1. The predicted octanol–water partition coefficient (Wildman–Crippen LogP) is 2.31. The van der Waals surface area contributed by atoms with E-state index in [0.29, 0.717) is 31.2 Å². The smallest absolute Gasteiger partial charge is 0.329 e. The molecule has 1 aromatic carbocycles. The summed E-state index contributed by atoms with van der Waals surface area (Å²) in [5, 5.41) is 2.62. The molecule has 9 nitrogen and oxygen atoms in total. The van der Waals surface area contributed by atoms with Gasteiger partial charge in [0.1, 0.15) is 24.8 Å². The maximum absolute atomic E-state index is 13.1. The number of rotatable bonds is 9. The molecule has 3 N–H and O–H groups in total. The average Bonchev–Trinajstić information content (AvgIpc) is 3.39. The van der Waals surface area contributed by atoms with Crippen molar-refractivity contribution in [1.82, 2.24) is 10.2 Å². The highest BCUT2D eigenvalue weighted by atomic mass is 16.5. The molecule has 4 bridgehead atoms. The molecule has 5 aliphatic rings. The van der Waals surface area contributed by atoms with Crippen LogP contribution in [0.5, 0.6) is 0 Å². The monoisotopic (exact) mass is 525 g/mol. The molecule has 0 spiro atoms. The van der Waals surface area contributed by atoms with Gasteiger partial charge in [0.25, 0.3) is 0 Å². The summed E-state index contributed by atoms with van der Waals surface area (Å²) in [4.78, 5) is 52.6. The largest absolute Gasteiger partial charge is 0.462 e. The van der Waals surface area contributed by atoms with Gasteiger partial charge in [0.15, 0.2) is 0 Å². The van der Waals surface area contributed by atoms with Crippen molar-refractivity contribution in [3.05, 3.63) is 35.9 Å². The number of ether oxygens (including phenoxy) is 2. The van der Waals surface area contributed by atoms with E-state index in [1.165, 1.54) is 11.3 Å². The summed E-state index contributed by atoms with van der Waals surface area (Å²) >= 11 is 0. The summed E-state index contributed by atoms with van der Waals surface area (Å²) in [5.74, 6) is 0.556. The minimum atomic E-state index is -1.11. The molecular weight excluding hydrogens is 486 g/mol. The van der Waals surface area contributed by atoms with Crippen LogP contribution in [0.3, 0.4) is 0 Å². The van der Waals surface area contributed by atoms with Crippen LogP contribution in [0.25, 0.3) is 0 Å². The highest BCUT2D eigenvalue weighted by molar-refractivity contribution is 5.93. The van der Waals surface area contributed by atoms with E-state index >= 15 is 0 Å². The van der Waals surface area contributed by atoms with Gasteiger partial charge in [0.2, 0.25) is 11.8 Å². The number of esters is 2. The number of nitrogens with one attached hydrogen (secondary N) is 1. The Labute approximate surface area is 223 Å².